The van der Waals surface area contributed by atoms with Crippen molar-refractivity contribution in [1.29, 1.82) is 0 Å². The molecule has 0 bridgehead atoms. The molecule has 0 aliphatic carbocycles. The number of amides is 1. The number of methoxy groups -OCH3 is 1. The van der Waals surface area contributed by atoms with Crippen molar-refractivity contribution >= 4 is 23.5 Å². The second-order valence-electron chi connectivity index (χ2n) is 8.20. The summed E-state index contributed by atoms with van der Waals surface area (Å²) in [5, 5.41) is 2.86. The number of hydrogen-bond acceptors (Lipinski definition) is 7. The minimum absolute atomic E-state index is 0.215. The van der Waals surface area contributed by atoms with Crippen LogP contribution in [0.1, 0.15) is 24.1 Å². The van der Waals surface area contributed by atoms with Crippen LogP contribution < -0.4 is 15.0 Å². The maximum atomic E-state index is 13.0. The van der Waals surface area contributed by atoms with Crippen LogP contribution in [0.3, 0.4) is 0 Å². The summed E-state index contributed by atoms with van der Waals surface area (Å²) >= 11 is 0. The summed E-state index contributed by atoms with van der Waals surface area (Å²) in [6.07, 6.45) is 0. The third-order valence-electron chi connectivity index (χ3n) is 6.07. The van der Waals surface area contributed by atoms with E-state index in [1.165, 1.54) is 0 Å². The Morgan fingerprint density at radius 3 is 2.27 bits per heavy atom. The largest absolute Gasteiger partial charge is 0.497 e. The summed E-state index contributed by atoms with van der Waals surface area (Å²) < 4.78 is 10.4. The predicted molar refractivity (Wildman–Crippen MR) is 126 cm³/mol. The molecule has 0 radical (unpaired) electrons. The van der Waals surface area contributed by atoms with E-state index in [9.17, 15) is 9.59 Å². The maximum absolute atomic E-state index is 13.0. The van der Waals surface area contributed by atoms with E-state index in [0.29, 0.717) is 19.0 Å². The summed E-state index contributed by atoms with van der Waals surface area (Å²) in [6, 6.07) is 15.2. The number of hydrogen-bond donors (Lipinski definition) is 1. The molecule has 2 atom stereocenters. The van der Waals surface area contributed by atoms with Gasteiger partial charge in [-0.1, -0.05) is 29.8 Å². The number of carbonyl (C=O) groups is 2. The Morgan fingerprint density at radius 2 is 1.67 bits per heavy atom. The minimum atomic E-state index is -1.00. The molecule has 4 rings (SSSR count). The van der Waals surface area contributed by atoms with Gasteiger partial charge in [-0.05, 0) is 43.7 Å². The van der Waals surface area contributed by atoms with E-state index < -0.39 is 17.9 Å². The number of nitrogens with one attached hydrogen (secondary N) is 1. The molecule has 2 aliphatic rings. The van der Waals surface area contributed by atoms with E-state index in [2.05, 4.69) is 15.1 Å². The number of rotatable bonds is 5. The average molecular weight is 451 g/mol. The fourth-order valence-electron chi connectivity index (χ4n) is 4.20. The fraction of sp³-hybridized carbons (Fsp3) is 0.400. The SMILES string of the molecule is CCOC(=O)[C@@H]1C(=O)NC(N2CCN(c3ccc(OC)cc3)CC2)=N[C@H]1c1ccc(C)cc1. The van der Waals surface area contributed by atoms with Crippen molar-refractivity contribution < 1.29 is 19.1 Å². The normalized spacial score (nSPS) is 20.7. The number of piperazine rings is 1. The van der Waals surface area contributed by atoms with Gasteiger partial charge in [0.1, 0.15) is 11.8 Å². The summed E-state index contributed by atoms with van der Waals surface area (Å²) in [6.45, 7) is 6.93. The van der Waals surface area contributed by atoms with E-state index in [0.717, 1.165) is 35.7 Å². The van der Waals surface area contributed by atoms with Crippen LogP contribution in [0.25, 0.3) is 0 Å². The van der Waals surface area contributed by atoms with E-state index in [4.69, 9.17) is 14.5 Å². The van der Waals surface area contributed by atoms with Gasteiger partial charge >= 0.3 is 5.97 Å². The Bertz CT molecular complexity index is 1010. The highest BCUT2D eigenvalue weighted by molar-refractivity contribution is 6.08. The second-order valence-corrected chi connectivity index (χ2v) is 8.20. The standard InChI is InChI=1S/C25H30N4O4/c1-4-33-24(31)21-22(18-7-5-17(2)6-8-18)26-25(27-23(21)30)29-15-13-28(14-16-29)19-9-11-20(32-3)12-10-19/h5-12,21-22H,4,13-16H2,1-3H3,(H,26,27,30)/t21-,22-/m0/s1. The molecular weight excluding hydrogens is 420 g/mol. The molecule has 2 aromatic carbocycles. The van der Waals surface area contributed by atoms with Gasteiger partial charge in [-0.2, -0.15) is 0 Å². The zero-order chi connectivity index (χ0) is 23.4. The molecule has 0 saturated carbocycles. The van der Waals surface area contributed by atoms with Crippen molar-refractivity contribution in [3.05, 3.63) is 59.7 Å². The quantitative estimate of drug-likeness (QED) is 0.557. The molecule has 2 aliphatic heterocycles. The zero-order valence-corrected chi connectivity index (χ0v) is 19.3. The van der Waals surface area contributed by atoms with Crippen molar-refractivity contribution in [2.45, 2.75) is 19.9 Å². The molecule has 1 N–H and O–H groups in total. The van der Waals surface area contributed by atoms with Crippen LogP contribution in [0.5, 0.6) is 5.75 Å². The summed E-state index contributed by atoms with van der Waals surface area (Å²) in [4.78, 5) is 34.8. The van der Waals surface area contributed by atoms with Crippen molar-refractivity contribution in [1.82, 2.24) is 10.2 Å². The molecule has 0 aromatic heterocycles. The van der Waals surface area contributed by atoms with E-state index in [-0.39, 0.29) is 12.5 Å². The van der Waals surface area contributed by atoms with Crippen LogP contribution in [0.4, 0.5) is 5.69 Å². The molecule has 33 heavy (non-hydrogen) atoms. The Morgan fingerprint density at radius 1 is 1.03 bits per heavy atom. The summed E-state index contributed by atoms with van der Waals surface area (Å²) in [5.41, 5.74) is 3.05. The Balaban J connectivity index is 1.53. The molecule has 1 amide bonds. The van der Waals surface area contributed by atoms with Crippen LogP contribution in [-0.2, 0) is 14.3 Å². The average Bonchev–Trinajstić information content (AvgIpc) is 2.84. The second kappa shape index (κ2) is 9.94. The number of nitrogens with zero attached hydrogens (tertiary/aromatic N) is 3. The lowest BCUT2D eigenvalue weighted by atomic mass is 9.91. The van der Waals surface area contributed by atoms with Gasteiger partial charge in [0.2, 0.25) is 11.9 Å². The number of carbonyl (C=O) groups excluding carboxylic acids is 2. The van der Waals surface area contributed by atoms with Crippen molar-refractivity contribution in [3.63, 3.8) is 0 Å². The highest BCUT2D eigenvalue weighted by Gasteiger charge is 2.42. The number of aryl methyl sites for hydroxylation is 1. The number of esters is 1. The Kier molecular flexibility index (Phi) is 6.82. The summed E-state index contributed by atoms with van der Waals surface area (Å²) in [5.74, 6) is -0.582. The third-order valence-corrected chi connectivity index (χ3v) is 6.07. The van der Waals surface area contributed by atoms with Crippen molar-refractivity contribution in [2.75, 3.05) is 44.8 Å². The Hall–Kier alpha value is -3.55. The number of guanidine groups is 1. The first kappa shape index (κ1) is 22.6. The van der Waals surface area contributed by atoms with E-state index in [1.54, 1.807) is 14.0 Å². The number of anilines is 1. The number of benzene rings is 2. The van der Waals surface area contributed by atoms with E-state index >= 15 is 0 Å². The predicted octanol–water partition coefficient (Wildman–Crippen LogP) is 2.53. The third kappa shape index (κ3) is 4.94. The smallest absolute Gasteiger partial charge is 0.321 e. The first-order chi connectivity index (χ1) is 16.0. The topological polar surface area (TPSA) is 83.5 Å². The molecule has 2 aromatic rings. The molecule has 8 nitrogen and oxygen atoms in total. The van der Waals surface area contributed by atoms with Gasteiger partial charge in [-0.25, -0.2) is 4.99 Å². The van der Waals surface area contributed by atoms with Gasteiger partial charge < -0.3 is 19.3 Å². The first-order valence-corrected chi connectivity index (χ1v) is 11.3. The van der Waals surface area contributed by atoms with Gasteiger partial charge in [0.15, 0.2) is 5.92 Å². The lowest BCUT2D eigenvalue weighted by Crippen LogP contribution is -2.57. The molecular formula is C25H30N4O4. The molecule has 8 heteroatoms. The lowest BCUT2D eigenvalue weighted by molar-refractivity contribution is -0.153. The number of aliphatic imine (C=N–C) groups is 1. The maximum Gasteiger partial charge on any atom is 0.321 e. The van der Waals surface area contributed by atoms with Crippen LogP contribution in [0, 0.1) is 12.8 Å². The highest BCUT2D eigenvalue weighted by Crippen LogP contribution is 2.31. The molecule has 0 spiro atoms. The van der Waals surface area contributed by atoms with Crippen LogP contribution in [0.2, 0.25) is 0 Å². The molecule has 2 heterocycles. The van der Waals surface area contributed by atoms with Gasteiger partial charge in [0.05, 0.1) is 13.7 Å². The van der Waals surface area contributed by atoms with Crippen LogP contribution >= 0.6 is 0 Å². The molecule has 0 unspecified atom stereocenters. The molecule has 1 saturated heterocycles. The minimum Gasteiger partial charge on any atom is -0.497 e. The molecule has 1 fully saturated rings. The highest BCUT2D eigenvalue weighted by atomic mass is 16.5. The van der Waals surface area contributed by atoms with Gasteiger partial charge in [0, 0.05) is 31.9 Å². The molecule has 174 valence electrons. The first-order valence-electron chi connectivity index (χ1n) is 11.3. The van der Waals surface area contributed by atoms with Crippen molar-refractivity contribution in [2.24, 2.45) is 10.9 Å². The van der Waals surface area contributed by atoms with Crippen LogP contribution in [-0.4, -0.2) is 62.6 Å². The van der Waals surface area contributed by atoms with Crippen molar-refractivity contribution in [3.8, 4) is 5.75 Å². The van der Waals surface area contributed by atoms with Crippen LogP contribution in [0.15, 0.2) is 53.5 Å². The number of ether oxygens (including phenoxy) is 2. The lowest BCUT2D eigenvalue weighted by Gasteiger charge is -2.39. The Labute approximate surface area is 194 Å². The van der Waals surface area contributed by atoms with Gasteiger partial charge in [0.25, 0.3) is 0 Å². The monoisotopic (exact) mass is 450 g/mol. The van der Waals surface area contributed by atoms with Gasteiger partial charge in [-0.15, -0.1) is 0 Å². The summed E-state index contributed by atoms with van der Waals surface area (Å²) in [7, 11) is 1.66. The van der Waals surface area contributed by atoms with Gasteiger partial charge in [-0.3, -0.25) is 14.9 Å². The zero-order valence-electron chi connectivity index (χ0n) is 19.3. The fourth-order valence-corrected chi connectivity index (χ4v) is 4.20. The van der Waals surface area contributed by atoms with E-state index in [1.807, 2.05) is 55.5 Å².